The van der Waals surface area contributed by atoms with Gasteiger partial charge in [0.15, 0.2) is 0 Å². The Balaban J connectivity index is 1.39. The molecule has 4 rings (SSSR count). The number of piperazine rings is 1. The van der Waals surface area contributed by atoms with Gasteiger partial charge in [-0.15, -0.1) is 11.3 Å². The lowest BCUT2D eigenvalue weighted by atomic mass is 10.2. The van der Waals surface area contributed by atoms with Crippen molar-refractivity contribution in [2.45, 2.75) is 11.8 Å². The monoisotopic (exact) mass is 499 g/mol. The van der Waals surface area contributed by atoms with Crippen LogP contribution in [0.2, 0.25) is 0 Å². The van der Waals surface area contributed by atoms with Gasteiger partial charge in [0.2, 0.25) is 0 Å². The van der Waals surface area contributed by atoms with Crippen LogP contribution in [0.15, 0.2) is 65.6 Å². The number of sulfonamides is 1. The van der Waals surface area contributed by atoms with E-state index in [1.165, 1.54) is 42.7 Å². The summed E-state index contributed by atoms with van der Waals surface area (Å²) in [6.45, 7) is 3.71. The van der Waals surface area contributed by atoms with Gasteiger partial charge in [0, 0.05) is 36.6 Å². The Morgan fingerprint density at radius 2 is 1.50 bits per heavy atom. The van der Waals surface area contributed by atoms with Crippen molar-refractivity contribution in [3.63, 3.8) is 0 Å². The molecule has 2 heterocycles. The van der Waals surface area contributed by atoms with Crippen LogP contribution in [0.4, 0.5) is 5.69 Å². The number of aryl methyl sites for hydroxylation is 1. The van der Waals surface area contributed by atoms with Crippen molar-refractivity contribution in [2.75, 3.05) is 38.0 Å². The van der Waals surface area contributed by atoms with E-state index < -0.39 is 10.0 Å². The van der Waals surface area contributed by atoms with E-state index in [1.54, 1.807) is 34.1 Å². The molecule has 3 aromatic rings. The lowest BCUT2D eigenvalue weighted by molar-refractivity contribution is 0.0538. The number of carbonyl (C=O) groups excluding carboxylic acids is 2. The number of carbonyl (C=O) groups is 2. The number of nitrogens with one attached hydrogen (secondary N) is 1. The molecular formula is C24H25N3O5S2. The molecule has 2 aromatic carbocycles. The molecule has 1 N–H and O–H groups in total. The summed E-state index contributed by atoms with van der Waals surface area (Å²) in [5, 5.41) is 0. The maximum Gasteiger partial charge on any atom is 0.264 e. The van der Waals surface area contributed by atoms with Gasteiger partial charge >= 0.3 is 0 Å². The number of hydrogen-bond acceptors (Lipinski definition) is 6. The van der Waals surface area contributed by atoms with Gasteiger partial charge in [0.1, 0.15) is 5.75 Å². The normalized spacial score (nSPS) is 14.1. The molecule has 0 unspecified atom stereocenters. The van der Waals surface area contributed by atoms with E-state index in [9.17, 15) is 18.0 Å². The number of benzene rings is 2. The zero-order chi connectivity index (χ0) is 24.3. The third-order valence-corrected chi connectivity index (χ3v) is 7.94. The van der Waals surface area contributed by atoms with Crippen LogP contribution in [0.3, 0.4) is 0 Å². The molecular weight excluding hydrogens is 474 g/mol. The highest BCUT2D eigenvalue weighted by Gasteiger charge is 2.26. The first-order valence-electron chi connectivity index (χ1n) is 10.7. The van der Waals surface area contributed by atoms with Crippen LogP contribution in [-0.4, -0.2) is 63.3 Å². The summed E-state index contributed by atoms with van der Waals surface area (Å²) >= 11 is 1.47. The fourth-order valence-corrected chi connectivity index (χ4v) is 5.62. The molecule has 1 fully saturated rings. The third kappa shape index (κ3) is 5.07. The van der Waals surface area contributed by atoms with Gasteiger partial charge in [-0.25, -0.2) is 8.42 Å². The Kier molecular flexibility index (Phi) is 6.90. The Bertz CT molecular complexity index is 1290. The highest BCUT2D eigenvalue weighted by Crippen LogP contribution is 2.26. The van der Waals surface area contributed by atoms with E-state index in [0.717, 1.165) is 4.88 Å². The summed E-state index contributed by atoms with van der Waals surface area (Å²) in [5.74, 6) is 0.202. The van der Waals surface area contributed by atoms with Crippen molar-refractivity contribution in [3.05, 3.63) is 76.0 Å². The molecule has 2 amide bonds. The van der Waals surface area contributed by atoms with Crippen LogP contribution in [0.25, 0.3) is 0 Å². The molecule has 34 heavy (non-hydrogen) atoms. The van der Waals surface area contributed by atoms with Gasteiger partial charge in [-0.1, -0.05) is 12.1 Å². The van der Waals surface area contributed by atoms with E-state index in [4.69, 9.17) is 4.74 Å². The highest BCUT2D eigenvalue weighted by atomic mass is 32.2. The first-order chi connectivity index (χ1) is 16.3. The number of nitrogens with zero attached hydrogens (tertiary/aromatic N) is 2. The second-order valence-electron chi connectivity index (χ2n) is 7.82. The number of anilines is 1. The molecule has 0 bridgehead atoms. The van der Waals surface area contributed by atoms with Gasteiger partial charge in [-0.3, -0.25) is 14.3 Å². The van der Waals surface area contributed by atoms with E-state index >= 15 is 0 Å². The van der Waals surface area contributed by atoms with Gasteiger partial charge in [0.25, 0.3) is 21.8 Å². The summed E-state index contributed by atoms with van der Waals surface area (Å²) in [7, 11) is -2.39. The van der Waals surface area contributed by atoms with Crippen LogP contribution < -0.4 is 9.46 Å². The standard InChI is InChI=1S/C24H25N3O5S2/c1-17-7-12-22(33-17)24(29)27-15-13-26(14-16-27)23(28)18-8-10-19(11-9-18)34(30,31)25-20-5-3-4-6-21(20)32-2/h3-12,25H,13-16H2,1-2H3. The molecule has 1 aliphatic rings. The van der Waals surface area contributed by atoms with Crippen LogP contribution in [-0.2, 0) is 10.0 Å². The number of amides is 2. The second-order valence-corrected chi connectivity index (χ2v) is 10.8. The fourth-order valence-electron chi connectivity index (χ4n) is 3.71. The van der Waals surface area contributed by atoms with Crippen molar-refractivity contribution in [1.82, 2.24) is 9.80 Å². The van der Waals surface area contributed by atoms with Crippen molar-refractivity contribution < 1.29 is 22.7 Å². The number of hydrogen-bond donors (Lipinski definition) is 1. The number of methoxy groups -OCH3 is 1. The predicted octanol–water partition coefficient (Wildman–Crippen LogP) is 3.46. The zero-order valence-electron chi connectivity index (χ0n) is 18.9. The smallest absolute Gasteiger partial charge is 0.264 e. The molecule has 0 saturated carbocycles. The Morgan fingerprint density at radius 3 is 2.09 bits per heavy atom. The third-order valence-electron chi connectivity index (χ3n) is 5.57. The lowest BCUT2D eigenvalue weighted by Gasteiger charge is -2.34. The molecule has 0 atom stereocenters. The number of rotatable bonds is 6. The van der Waals surface area contributed by atoms with Crippen LogP contribution in [0.1, 0.15) is 24.9 Å². The molecule has 1 aromatic heterocycles. The van der Waals surface area contributed by atoms with Gasteiger partial charge in [-0.2, -0.15) is 0 Å². The van der Waals surface area contributed by atoms with E-state index in [1.807, 2.05) is 19.1 Å². The molecule has 8 nitrogen and oxygen atoms in total. The summed E-state index contributed by atoms with van der Waals surface area (Å²) in [5.41, 5.74) is 0.722. The number of para-hydroxylation sites is 2. The van der Waals surface area contributed by atoms with Gasteiger partial charge < -0.3 is 14.5 Å². The molecule has 10 heteroatoms. The quantitative estimate of drug-likeness (QED) is 0.560. The predicted molar refractivity (Wildman–Crippen MR) is 131 cm³/mol. The van der Waals surface area contributed by atoms with Crippen LogP contribution >= 0.6 is 11.3 Å². The van der Waals surface area contributed by atoms with Crippen molar-refractivity contribution >= 4 is 38.9 Å². The summed E-state index contributed by atoms with van der Waals surface area (Å²) in [6, 6.07) is 16.3. The van der Waals surface area contributed by atoms with Crippen molar-refractivity contribution in [2.24, 2.45) is 0 Å². The Labute approximate surface area is 202 Å². The number of ether oxygens (including phenoxy) is 1. The minimum absolute atomic E-state index is 0.0118. The van der Waals surface area contributed by atoms with Crippen LogP contribution in [0.5, 0.6) is 5.75 Å². The molecule has 178 valence electrons. The topological polar surface area (TPSA) is 96.0 Å². The van der Waals surface area contributed by atoms with Gasteiger partial charge in [0.05, 0.1) is 22.6 Å². The molecule has 1 saturated heterocycles. The average molecular weight is 500 g/mol. The Hall–Kier alpha value is -3.37. The zero-order valence-corrected chi connectivity index (χ0v) is 20.5. The SMILES string of the molecule is COc1ccccc1NS(=O)(=O)c1ccc(C(=O)N2CCN(C(=O)c3ccc(C)s3)CC2)cc1. The molecule has 1 aliphatic heterocycles. The van der Waals surface area contributed by atoms with E-state index in [-0.39, 0.29) is 16.7 Å². The average Bonchev–Trinajstić information content (AvgIpc) is 3.29. The molecule has 0 radical (unpaired) electrons. The summed E-state index contributed by atoms with van der Waals surface area (Å²) in [4.78, 5) is 30.8. The largest absolute Gasteiger partial charge is 0.495 e. The van der Waals surface area contributed by atoms with Crippen LogP contribution in [0, 0.1) is 6.92 Å². The first-order valence-corrected chi connectivity index (χ1v) is 13.0. The second kappa shape index (κ2) is 9.86. The van der Waals surface area contributed by atoms with Crippen molar-refractivity contribution in [1.29, 1.82) is 0 Å². The minimum atomic E-state index is -3.85. The summed E-state index contributed by atoms with van der Waals surface area (Å²) in [6.07, 6.45) is 0. The maximum absolute atomic E-state index is 12.9. The number of thiophene rings is 1. The van der Waals surface area contributed by atoms with E-state index in [0.29, 0.717) is 48.1 Å². The summed E-state index contributed by atoms with van der Waals surface area (Å²) < 4.78 is 33.2. The highest BCUT2D eigenvalue weighted by molar-refractivity contribution is 7.92. The fraction of sp³-hybridized carbons (Fsp3) is 0.250. The first kappa shape index (κ1) is 23.8. The van der Waals surface area contributed by atoms with Crippen molar-refractivity contribution in [3.8, 4) is 5.75 Å². The van der Waals surface area contributed by atoms with Gasteiger partial charge in [-0.05, 0) is 55.5 Å². The molecule has 0 aliphatic carbocycles. The lowest BCUT2D eigenvalue weighted by Crippen LogP contribution is -2.50. The maximum atomic E-state index is 12.9. The molecule has 0 spiro atoms. The Morgan fingerprint density at radius 1 is 0.882 bits per heavy atom. The van der Waals surface area contributed by atoms with E-state index in [2.05, 4.69) is 4.72 Å². The minimum Gasteiger partial charge on any atom is -0.495 e.